The van der Waals surface area contributed by atoms with E-state index in [1.807, 2.05) is 30.3 Å². The number of carbonyl (C=O) groups is 1. The molecule has 2 N–H and O–H groups in total. The molecule has 1 amide bonds. The average Bonchev–Trinajstić information content (AvgIpc) is 2.47. The smallest absolute Gasteiger partial charge is 0.224 e. The molecule has 4 heteroatoms. The lowest BCUT2D eigenvalue weighted by atomic mass is 10.1. The van der Waals surface area contributed by atoms with Crippen molar-refractivity contribution in [1.82, 2.24) is 10.3 Å². The summed E-state index contributed by atoms with van der Waals surface area (Å²) >= 11 is 0. The summed E-state index contributed by atoms with van der Waals surface area (Å²) in [5, 5.41) is 12.2. The van der Waals surface area contributed by atoms with Crippen LogP contribution < -0.4 is 5.32 Å². The summed E-state index contributed by atoms with van der Waals surface area (Å²) in [6, 6.07) is 12.7. The van der Waals surface area contributed by atoms with Crippen LogP contribution in [0.5, 0.6) is 0 Å². The minimum atomic E-state index is -0.365. The molecular formula is C15H16N2O2. The number of nitrogens with one attached hydrogen (secondary N) is 1. The zero-order chi connectivity index (χ0) is 13.5. The molecule has 0 saturated heterocycles. The Kier molecular flexibility index (Phi) is 4.64. The van der Waals surface area contributed by atoms with Crippen molar-refractivity contribution in [2.75, 3.05) is 6.61 Å². The van der Waals surface area contributed by atoms with E-state index in [-0.39, 0.29) is 25.0 Å². The van der Waals surface area contributed by atoms with Gasteiger partial charge in [0.25, 0.3) is 0 Å². The van der Waals surface area contributed by atoms with E-state index in [1.54, 1.807) is 24.5 Å². The highest BCUT2D eigenvalue weighted by Gasteiger charge is 2.13. The number of amides is 1. The van der Waals surface area contributed by atoms with Crippen molar-refractivity contribution in [3.63, 3.8) is 0 Å². The quantitative estimate of drug-likeness (QED) is 0.851. The SMILES string of the molecule is O=C(Cc1ccncc1)N[C@H](CO)c1ccccc1. The van der Waals surface area contributed by atoms with Gasteiger partial charge in [-0.3, -0.25) is 9.78 Å². The molecule has 1 aromatic heterocycles. The number of carbonyl (C=O) groups excluding carboxylic acids is 1. The van der Waals surface area contributed by atoms with Crippen LogP contribution in [0, 0.1) is 0 Å². The molecule has 0 radical (unpaired) electrons. The molecule has 0 spiro atoms. The van der Waals surface area contributed by atoms with E-state index in [0.29, 0.717) is 0 Å². The van der Waals surface area contributed by atoms with Crippen molar-refractivity contribution >= 4 is 5.91 Å². The molecular weight excluding hydrogens is 240 g/mol. The zero-order valence-electron chi connectivity index (χ0n) is 10.5. The highest BCUT2D eigenvalue weighted by Crippen LogP contribution is 2.11. The van der Waals surface area contributed by atoms with E-state index in [1.165, 1.54) is 0 Å². The second kappa shape index (κ2) is 6.66. The Morgan fingerprint density at radius 2 is 1.84 bits per heavy atom. The van der Waals surface area contributed by atoms with E-state index < -0.39 is 0 Å². The Morgan fingerprint density at radius 1 is 1.16 bits per heavy atom. The molecule has 98 valence electrons. The number of aliphatic hydroxyl groups is 1. The molecule has 1 atom stereocenters. The van der Waals surface area contributed by atoms with Gasteiger partial charge in [0.2, 0.25) is 5.91 Å². The van der Waals surface area contributed by atoms with E-state index in [2.05, 4.69) is 10.3 Å². The average molecular weight is 256 g/mol. The van der Waals surface area contributed by atoms with Crippen LogP contribution >= 0.6 is 0 Å². The number of pyridine rings is 1. The second-order valence-electron chi connectivity index (χ2n) is 4.25. The van der Waals surface area contributed by atoms with Gasteiger partial charge in [-0.15, -0.1) is 0 Å². The molecule has 1 heterocycles. The van der Waals surface area contributed by atoms with Crippen molar-refractivity contribution in [3.8, 4) is 0 Å². The number of benzene rings is 1. The predicted octanol–water partition coefficient (Wildman–Crippen LogP) is 1.47. The first-order valence-electron chi connectivity index (χ1n) is 6.13. The molecule has 0 aliphatic heterocycles. The van der Waals surface area contributed by atoms with Crippen molar-refractivity contribution in [3.05, 3.63) is 66.0 Å². The van der Waals surface area contributed by atoms with Crippen molar-refractivity contribution < 1.29 is 9.90 Å². The van der Waals surface area contributed by atoms with Crippen LogP contribution in [0.3, 0.4) is 0 Å². The van der Waals surface area contributed by atoms with Gasteiger partial charge < -0.3 is 10.4 Å². The molecule has 0 fully saturated rings. The number of hydrogen-bond donors (Lipinski definition) is 2. The normalized spacial score (nSPS) is 11.8. The Bertz CT molecular complexity index is 514. The molecule has 0 unspecified atom stereocenters. The lowest BCUT2D eigenvalue weighted by molar-refractivity contribution is -0.121. The summed E-state index contributed by atoms with van der Waals surface area (Å²) in [5.74, 6) is -0.117. The molecule has 0 bridgehead atoms. The van der Waals surface area contributed by atoms with Crippen LogP contribution in [-0.4, -0.2) is 22.6 Å². The maximum Gasteiger partial charge on any atom is 0.224 e. The van der Waals surface area contributed by atoms with Crippen molar-refractivity contribution in [2.24, 2.45) is 0 Å². The summed E-state index contributed by atoms with van der Waals surface area (Å²) in [6.07, 6.45) is 3.60. The van der Waals surface area contributed by atoms with Crippen LogP contribution in [0.1, 0.15) is 17.2 Å². The molecule has 1 aromatic carbocycles. The van der Waals surface area contributed by atoms with Crippen LogP contribution in [0.2, 0.25) is 0 Å². The minimum Gasteiger partial charge on any atom is -0.394 e. The third-order valence-corrected chi connectivity index (χ3v) is 2.83. The van der Waals surface area contributed by atoms with Crippen molar-refractivity contribution in [1.29, 1.82) is 0 Å². The lowest BCUT2D eigenvalue weighted by Crippen LogP contribution is -2.31. The summed E-state index contributed by atoms with van der Waals surface area (Å²) in [6.45, 7) is -0.119. The van der Waals surface area contributed by atoms with Gasteiger partial charge in [-0.05, 0) is 23.3 Å². The largest absolute Gasteiger partial charge is 0.394 e. The fraction of sp³-hybridized carbons (Fsp3) is 0.200. The molecule has 0 aliphatic carbocycles. The number of hydrogen-bond acceptors (Lipinski definition) is 3. The first-order valence-corrected chi connectivity index (χ1v) is 6.13. The van der Waals surface area contributed by atoms with E-state index in [9.17, 15) is 9.90 Å². The maximum absolute atomic E-state index is 11.9. The van der Waals surface area contributed by atoms with E-state index in [0.717, 1.165) is 11.1 Å². The van der Waals surface area contributed by atoms with E-state index in [4.69, 9.17) is 0 Å². The van der Waals surface area contributed by atoms with E-state index >= 15 is 0 Å². The minimum absolute atomic E-state index is 0.117. The zero-order valence-corrected chi connectivity index (χ0v) is 10.5. The van der Waals surface area contributed by atoms with Gasteiger partial charge in [0.1, 0.15) is 0 Å². The van der Waals surface area contributed by atoms with Gasteiger partial charge in [0, 0.05) is 12.4 Å². The van der Waals surface area contributed by atoms with Gasteiger partial charge >= 0.3 is 0 Å². The lowest BCUT2D eigenvalue weighted by Gasteiger charge is -2.16. The van der Waals surface area contributed by atoms with Gasteiger partial charge in [-0.1, -0.05) is 30.3 Å². The Morgan fingerprint density at radius 3 is 2.47 bits per heavy atom. The Hall–Kier alpha value is -2.20. The summed E-state index contributed by atoms with van der Waals surface area (Å²) in [5.41, 5.74) is 1.80. The third kappa shape index (κ3) is 3.89. The monoisotopic (exact) mass is 256 g/mol. The Labute approximate surface area is 112 Å². The highest BCUT2D eigenvalue weighted by molar-refractivity contribution is 5.79. The molecule has 2 aromatic rings. The molecule has 0 saturated carbocycles. The van der Waals surface area contributed by atoms with Crippen LogP contribution in [0.4, 0.5) is 0 Å². The van der Waals surface area contributed by atoms with Crippen molar-refractivity contribution in [2.45, 2.75) is 12.5 Å². The topological polar surface area (TPSA) is 62.2 Å². The van der Waals surface area contributed by atoms with Gasteiger partial charge in [-0.2, -0.15) is 0 Å². The summed E-state index contributed by atoms with van der Waals surface area (Å²) in [7, 11) is 0. The first-order chi connectivity index (χ1) is 9.29. The fourth-order valence-electron chi connectivity index (χ4n) is 1.85. The second-order valence-corrected chi connectivity index (χ2v) is 4.25. The Balaban J connectivity index is 1.97. The number of nitrogens with zero attached hydrogens (tertiary/aromatic N) is 1. The summed E-state index contributed by atoms with van der Waals surface area (Å²) in [4.78, 5) is 15.8. The fourth-order valence-corrected chi connectivity index (χ4v) is 1.85. The van der Waals surface area contributed by atoms with Crippen LogP contribution in [0.15, 0.2) is 54.9 Å². The molecule has 4 nitrogen and oxygen atoms in total. The number of rotatable bonds is 5. The highest BCUT2D eigenvalue weighted by atomic mass is 16.3. The third-order valence-electron chi connectivity index (χ3n) is 2.83. The number of aromatic nitrogens is 1. The standard InChI is InChI=1S/C15H16N2O2/c18-11-14(13-4-2-1-3-5-13)17-15(19)10-12-6-8-16-9-7-12/h1-9,14,18H,10-11H2,(H,17,19)/t14-/m1/s1. The number of aliphatic hydroxyl groups excluding tert-OH is 1. The van der Waals surface area contributed by atoms with Gasteiger partial charge in [0.15, 0.2) is 0 Å². The van der Waals surface area contributed by atoms with Crippen LogP contribution in [-0.2, 0) is 11.2 Å². The van der Waals surface area contributed by atoms with Gasteiger partial charge in [-0.25, -0.2) is 0 Å². The molecule has 0 aliphatic rings. The molecule has 19 heavy (non-hydrogen) atoms. The summed E-state index contributed by atoms with van der Waals surface area (Å²) < 4.78 is 0. The van der Waals surface area contributed by atoms with Gasteiger partial charge in [0.05, 0.1) is 19.1 Å². The predicted molar refractivity (Wildman–Crippen MR) is 72.4 cm³/mol. The molecule has 2 rings (SSSR count). The van der Waals surface area contributed by atoms with Crippen LogP contribution in [0.25, 0.3) is 0 Å². The first kappa shape index (κ1) is 13.2. The maximum atomic E-state index is 11.9.